The largest absolute Gasteiger partial charge is 0.759 e. The maximum absolute atomic E-state index is 11.3. The maximum Gasteiger partial charge on any atom is 0.330 e. The molecule has 886 valence electrons. The number of carbonyl (C=O) groups excluding carboxylic acids is 6. The number of esters is 6. The van der Waals surface area contributed by atoms with Crippen LogP contribution in [0.5, 0.6) is 0 Å². The van der Waals surface area contributed by atoms with Crippen molar-refractivity contribution in [2.24, 2.45) is 5.41 Å². The van der Waals surface area contributed by atoms with Gasteiger partial charge in [0, 0.05) is 102 Å². The molecule has 0 aliphatic rings. The van der Waals surface area contributed by atoms with Crippen molar-refractivity contribution in [2.75, 3.05) is 330 Å². The van der Waals surface area contributed by atoms with Gasteiger partial charge in [-0.25, -0.2) is 28.8 Å². The predicted octanol–water partition coefficient (Wildman–Crippen LogP) is -17.3. The fourth-order valence-electron chi connectivity index (χ4n) is 11.6. The summed E-state index contributed by atoms with van der Waals surface area (Å²) in [6.45, 7) is 22.7. The first-order valence-electron chi connectivity index (χ1n) is 47.8. The van der Waals surface area contributed by atoms with Crippen LogP contribution in [-0.2, 0) is 144 Å². The molecule has 0 aromatic heterocycles. The highest BCUT2D eigenvalue weighted by Crippen LogP contribution is 2.20. The fourth-order valence-corrected chi connectivity index (χ4v) is 11.6. The number of carbonyl (C=O) groups is 6. The molecule has 0 aliphatic carbocycles. The molecular weight excluding hydrogens is 2070 g/mol. The second-order valence-corrected chi connectivity index (χ2v) is 34.8. The molecule has 58 nitrogen and oxygen atoms in total. The zero-order chi connectivity index (χ0) is 114. The number of aliphatic hydroxyl groups excluding tert-OH is 20. The van der Waals surface area contributed by atoms with Gasteiger partial charge in [0.2, 0.25) is 0 Å². The number of nitrogens with one attached hydrogen (secondary N) is 4. The summed E-state index contributed by atoms with van der Waals surface area (Å²) >= 11 is 0. The smallest absolute Gasteiger partial charge is 0.330 e. The van der Waals surface area contributed by atoms with Crippen molar-refractivity contribution in [1.82, 2.24) is 0 Å². The maximum atomic E-state index is 11.3. The molecule has 0 spiro atoms. The third-order valence-corrected chi connectivity index (χ3v) is 19.0. The zero-order valence-corrected chi connectivity index (χ0v) is 87.0. The zero-order valence-electron chi connectivity index (χ0n) is 85.4. The van der Waals surface area contributed by atoms with Crippen LogP contribution in [0.25, 0.3) is 0 Å². The molecule has 0 amide bonds. The molecule has 0 saturated heterocycles. The highest BCUT2D eigenvalue weighted by molar-refractivity contribution is 7.80. The Balaban J connectivity index is -0.000000689. The molecule has 0 aromatic carbocycles. The van der Waals surface area contributed by atoms with Gasteiger partial charge in [0.05, 0.1) is 235 Å². The molecule has 0 bridgehead atoms. The fraction of sp³-hybridized carbons (Fsp3) is 0.800. The summed E-state index contributed by atoms with van der Waals surface area (Å²) in [6.07, 6.45) is -6.79. The van der Waals surface area contributed by atoms with E-state index in [1.807, 2.05) is 6.92 Å². The lowest BCUT2D eigenvalue weighted by molar-refractivity contribution is -0.920. The van der Waals surface area contributed by atoms with Crippen LogP contribution < -0.4 is 19.6 Å². The van der Waals surface area contributed by atoms with Gasteiger partial charge >= 0.3 is 35.8 Å². The van der Waals surface area contributed by atoms with E-state index in [4.69, 9.17) is 160 Å². The Kier molecular flexibility index (Phi) is 103. The summed E-state index contributed by atoms with van der Waals surface area (Å²) in [5, 5.41) is 195. The van der Waals surface area contributed by atoms with Crippen LogP contribution in [0, 0.1) is 5.41 Å². The average Bonchev–Trinajstić information content (AvgIpc) is 0.886. The van der Waals surface area contributed by atoms with E-state index < -0.39 is 154 Å². The van der Waals surface area contributed by atoms with Gasteiger partial charge in [-0.15, -0.1) is 0 Å². The summed E-state index contributed by atoms with van der Waals surface area (Å²) in [4.78, 5) is 70.3. The summed E-state index contributed by atoms with van der Waals surface area (Å²) in [6, 6.07) is 0. The summed E-state index contributed by atoms with van der Waals surface area (Å²) in [5.41, 5.74) is -0.716. The Morgan fingerprint density at radius 3 is 0.733 bits per heavy atom. The molecule has 15 unspecified atom stereocenters. The van der Waals surface area contributed by atoms with Crippen LogP contribution in [0.15, 0.2) is 75.9 Å². The van der Waals surface area contributed by atoms with E-state index in [9.17, 15) is 100 Å². The first-order chi connectivity index (χ1) is 71.1. The van der Waals surface area contributed by atoms with Crippen molar-refractivity contribution in [3.8, 4) is 0 Å². The molecule has 0 fully saturated rings. The number of hydrogen-bond donors (Lipinski definition) is 24. The minimum Gasteiger partial charge on any atom is -0.759 e. The van der Waals surface area contributed by atoms with Crippen molar-refractivity contribution in [2.45, 2.75) is 131 Å². The highest BCUT2D eigenvalue weighted by atomic mass is 32.3. The first kappa shape index (κ1) is 152. The van der Waals surface area contributed by atoms with Crippen LogP contribution >= 0.6 is 0 Å². The molecule has 0 heterocycles. The molecule has 0 radical (unpaired) electrons. The Morgan fingerprint density at radius 2 is 0.453 bits per heavy atom. The van der Waals surface area contributed by atoms with Gasteiger partial charge < -0.3 is 235 Å². The third-order valence-electron chi connectivity index (χ3n) is 19.0. The summed E-state index contributed by atoms with van der Waals surface area (Å²) in [7, 11) is -10.3. The molecular formula is C90H170N4O54S2. The quantitative estimate of drug-likeness (QED) is 0.00511. The Hall–Kier alpha value is -6.52. The SMILES string of the molecule is C=CC(=O)OCC(O)CCOCC(COCCC(O)COC[NH+](CCO)CCO)OCCC(O)COC(=O)C=C.C=CC(=O)OCC(O)COC(COCC(O)COCC(O)C[NH+](CCO)CCO)COCC(O)COCC(COCC(O)C[NH+](CCO)CCO)OCC(O)COC(=O)C=C.C=CC(=O)OCCC(O)COCC(C)(COCC(O)CCOC(=O)C=C)COCC(O)C[NH+](CCO)CCO.O=S(=O)([O-])[O-].O=S(=O)([O-])[O-]. The van der Waals surface area contributed by atoms with Gasteiger partial charge in [-0.2, -0.15) is 0 Å². The number of quaternary nitrogens is 4. The minimum absolute atomic E-state index is 0.00450. The molecule has 60 heteroatoms. The molecule has 15 atom stereocenters. The summed E-state index contributed by atoms with van der Waals surface area (Å²) < 4.78 is 176. The van der Waals surface area contributed by atoms with Crippen molar-refractivity contribution < 1.29 is 280 Å². The predicted molar refractivity (Wildman–Crippen MR) is 513 cm³/mol. The molecule has 0 rings (SSSR count). The van der Waals surface area contributed by atoms with Crippen LogP contribution in [0.2, 0.25) is 0 Å². The van der Waals surface area contributed by atoms with E-state index in [-0.39, 0.29) is 303 Å². The normalized spacial score (nSPS) is 15.0. The summed E-state index contributed by atoms with van der Waals surface area (Å²) in [5.74, 6) is -3.88. The molecule has 0 aliphatic heterocycles. The molecule has 24 N–H and O–H groups in total. The average molecular weight is 2240 g/mol. The van der Waals surface area contributed by atoms with Crippen LogP contribution in [0.4, 0.5) is 0 Å². The van der Waals surface area contributed by atoms with Crippen molar-refractivity contribution in [3.63, 3.8) is 0 Å². The molecule has 0 aromatic rings. The van der Waals surface area contributed by atoms with Gasteiger partial charge in [0.15, 0.2) is 6.73 Å². The Bertz CT molecular complexity index is 3440. The van der Waals surface area contributed by atoms with E-state index >= 15 is 0 Å². The Morgan fingerprint density at radius 1 is 0.253 bits per heavy atom. The lowest BCUT2D eigenvalue weighted by Crippen LogP contribution is -3.14. The topological polar surface area (TPSA) is 870 Å². The van der Waals surface area contributed by atoms with E-state index in [1.54, 1.807) is 0 Å². The van der Waals surface area contributed by atoms with E-state index in [0.717, 1.165) is 56.1 Å². The van der Waals surface area contributed by atoms with Gasteiger partial charge in [-0.1, -0.05) is 46.4 Å². The monoisotopic (exact) mass is 2240 g/mol. The lowest BCUT2D eigenvalue weighted by Gasteiger charge is -2.30. The van der Waals surface area contributed by atoms with Crippen LogP contribution in [-0.4, -0.2) is 594 Å². The van der Waals surface area contributed by atoms with E-state index in [0.29, 0.717) is 58.8 Å². The minimum atomic E-state index is -5.17. The van der Waals surface area contributed by atoms with Gasteiger partial charge in [0.25, 0.3) is 0 Å². The number of ether oxygens (including phenoxy) is 20. The first-order valence-corrected chi connectivity index (χ1v) is 50.5. The van der Waals surface area contributed by atoms with Gasteiger partial charge in [-0.05, 0) is 12.8 Å². The van der Waals surface area contributed by atoms with Crippen LogP contribution in [0.3, 0.4) is 0 Å². The Labute approximate surface area is 875 Å². The van der Waals surface area contributed by atoms with E-state index in [1.165, 1.54) is 0 Å². The van der Waals surface area contributed by atoms with Crippen molar-refractivity contribution >= 4 is 56.6 Å². The molecule has 0 saturated carbocycles. The van der Waals surface area contributed by atoms with E-state index in [2.05, 4.69) is 39.5 Å². The van der Waals surface area contributed by atoms with Crippen molar-refractivity contribution in [3.05, 3.63) is 75.9 Å². The van der Waals surface area contributed by atoms with Gasteiger partial charge in [0.1, 0.15) is 159 Å². The molecule has 150 heavy (non-hydrogen) atoms. The second-order valence-electron chi connectivity index (χ2n) is 33.2. The second kappa shape index (κ2) is 102. The highest BCUT2D eigenvalue weighted by Gasteiger charge is 2.30. The third kappa shape index (κ3) is 108. The number of rotatable bonds is 98. The standard InChI is InChI=1S/C38H72N2O21.C26H47NO13.C26H47NO12.2H2O4S/c1-3-37(51)60-23-33(49)21-58-35(25-54-16-30(46)14-40(7-11-43)8-12-44)26-56-19-32(48)20-57-28-36(59-22-34(50)24-61-38(52)4-2)27-55-18-31(47)17-53-15-29(45)13-39(5-9-41)6-10-42;1-3-25(33)39-16-22(31)6-13-36-19-24(38-14-7-23(32)17-40-26(34)4-2)18-35-12-5-21(30)15-37-20-27(8-10-28)9-11-29;1-4-24(33)38-12-6-21(30)15-35-18-26(3,19-36-16-22(31)7-13-39-25(34)5-2)20-37-17-23(32)14-27(8-10-28)9-11-29;2*1-5(2,3)4/h3-4,29-36,41-50H,1-2,5-28H2;3-4,21-24,28-32H,1-2,5-20H2;4-5,21-23,28-32H,1-2,6-20H2,3H3;2*(H2,1,2,3,4). The lowest BCUT2D eigenvalue weighted by atomic mass is 9.94. The van der Waals surface area contributed by atoms with Crippen LogP contribution in [0.1, 0.15) is 39.0 Å². The van der Waals surface area contributed by atoms with Gasteiger partial charge in [-0.3, -0.25) is 16.8 Å². The number of hydrogen-bond acceptors (Lipinski definition) is 54. The van der Waals surface area contributed by atoms with Crippen molar-refractivity contribution in [1.29, 1.82) is 0 Å². The number of aliphatic hydroxyl groups is 20.